The van der Waals surface area contributed by atoms with E-state index >= 15 is 0 Å². The van der Waals surface area contributed by atoms with E-state index in [1.54, 1.807) is 61.6 Å². The summed E-state index contributed by atoms with van der Waals surface area (Å²) in [7, 11) is 1.64. The lowest BCUT2D eigenvalue weighted by Crippen LogP contribution is -2.30. The SMILES string of the molecule is Cn1nc(-c2ccc(NC(=O)c3ccccc3Cl)cc2)cc1NC(=O)c1ccc(C2(C(F)(F)F)N=N2)cc1. The predicted octanol–water partition coefficient (Wildman–Crippen LogP) is 6.43. The van der Waals surface area contributed by atoms with Gasteiger partial charge in [-0.25, -0.2) is 0 Å². The van der Waals surface area contributed by atoms with E-state index in [1.807, 2.05) is 0 Å². The van der Waals surface area contributed by atoms with Crippen molar-refractivity contribution in [3.63, 3.8) is 0 Å². The largest absolute Gasteiger partial charge is 0.442 e. The van der Waals surface area contributed by atoms with Gasteiger partial charge in [-0.15, -0.1) is 10.2 Å². The van der Waals surface area contributed by atoms with Crippen molar-refractivity contribution in [2.45, 2.75) is 11.8 Å². The van der Waals surface area contributed by atoms with E-state index in [4.69, 9.17) is 11.6 Å². The van der Waals surface area contributed by atoms with Crippen molar-refractivity contribution in [3.8, 4) is 11.3 Å². The van der Waals surface area contributed by atoms with Gasteiger partial charge >= 0.3 is 11.8 Å². The molecule has 12 heteroatoms. The summed E-state index contributed by atoms with van der Waals surface area (Å²) in [6.07, 6.45) is -4.64. The fraction of sp³-hybridized carbons (Fsp3) is 0.115. The summed E-state index contributed by atoms with van der Waals surface area (Å²) in [5.41, 5.74) is -0.321. The summed E-state index contributed by atoms with van der Waals surface area (Å²) in [6.45, 7) is 0. The fourth-order valence-corrected chi connectivity index (χ4v) is 4.00. The molecule has 0 spiro atoms. The summed E-state index contributed by atoms with van der Waals surface area (Å²) < 4.78 is 41.0. The van der Waals surface area contributed by atoms with Crippen LogP contribution in [0.2, 0.25) is 5.02 Å². The third-order valence-electron chi connectivity index (χ3n) is 5.92. The number of halogens is 4. The Morgan fingerprint density at radius 3 is 2.16 bits per heavy atom. The zero-order chi connectivity index (χ0) is 27.1. The van der Waals surface area contributed by atoms with Crippen molar-refractivity contribution in [3.05, 3.63) is 101 Å². The van der Waals surface area contributed by atoms with Crippen molar-refractivity contribution in [1.82, 2.24) is 9.78 Å². The zero-order valence-corrected chi connectivity index (χ0v) is 20.4. The second-order valence-electron chi connectivity index (χ2n) is 8.45. The van der Waals surface area contributed by atoms with Gasteiger partial charge in [0, 0.05) is 35.5 Å². The van der Waals surface area contributed by atoms with E-state index in [2.05, 4.69) is 26.0 Å². The molecule has 0 saturated heterocycles. The molecule has 0 saturated carbocycles. The summed E-state index contributed by atoms with van der Waals surface area (Å²) in [5, 5.41) is 16.6. The zero-order valence-electron chi connectivity index (χ0n) is 19.6. The summed E-state index contributed by atoms with van der Waals surface area (Å²) >= 11 is 6.08. The van der Waals surface area contributed by atoms with Crippen molar-refractivity contribution >= 4 is 34.9 Å². The van der Waals surface area contributed by atoms with E-state index in [0.29, 0.717) is 27.8 Å². The molecule has 0 bridgehead atoms. The van der Waals surface area contributed by atoms with Crippen molar-refractivity contribution in [2.24, 2.45) is 17.3 Å². The molecule has 192 valence electrons. The number of hydrogen-bond acceptors (Lipinski definition) is 5. The molecule has 1 aliphatic heterocycles. The van der Waals surface area contributed by atoms with Gasteiger partial charge in [-0.05, 0) is 36.4 Å². The number of nitrogens with zero attached hydrogens (tertiary/aromatic N) is 4. The summed E-state index contributed by atoms with van der Waals surface area (Å²) in [6, 6.07) is 20.3. The number of benzene rings is 3. The first kappa shape index (κ1) is 25.2. The van der Waals surface area contributed by atoms with Gasteiger partial charge in [0.2, 0.25) is 0 Å². The first-order valence-corrected chi connectivity index (χ1v) is 11.6. The highest BCUT2D eigenvalue weighted by Gasteiger charge is 2.65. The topological polar surface area (TPSA) is 101 Å². The molecule has 2 amide bonds. The molecule has 2 N–H and O–H groups in total. The van der Waals surface area contributed by atoms with E-state index in [0.717, 1.165) is 5.56 Å². The molecule has 4 aromatic rings. The standard InChI is InChI=1S/C26H18ClF3N6O2/c1-36-22(32-23(37)16-6-10-17(11-7-16)25(34-35-25)26(28,29)30)14-21(33-36)15-8-12-18(13-9-15)31-24(38)19-4-2-3-5-20(19)27/h2-14H,1H3,(H,31,38)(H,32,37). The number of amides is 2. The quantitative estimate of drug-likeness (QED) is 0.296. The van der Waals surface area contributed by atoms with Crippen LogP contribution in [0.3, 0.4) is 0 Å². The average molecular weight is 539 g/mol. The predicted molar refractivity (Wildman–Crippen MR) is 135 cm³/mol. The Morgan fingerprint density at radius 1 is 0.895 bits per heavy atom. The van der Waals surface area contributed by atoms with Crippen LogP contribution in [0, 0.1) is 0 Å². The number of alkyl halides is 3. The van der Waals surface area contributed by atoms with Crippen molar-refractivity contribution in [1.29, 1.82) is 0 Å². The number of hydrogen-bond donors (Lipinski definition) is 2. The first-order chi connectivity index (χ1) is 18.1. The second kappa shape index (κ2) is 9.42. The van der Waals surface area contributed by atoms with Gasteiger partial charge in [0.05, 0.1) is 16.3 Å². The highest BCUT2D eigenvalue weighted by Crippen LogP contribution is 2.52. The van der Waals surface area contributed by atoms with Gasteiger partial charge in [-0.1, -0.05) is 48.0 Å². The Hall–Kier alpha value is -4.51. The maximum Gasteiger partial charge on any atom is 0.442 e. The fourth-order valence-electron chi connectivity index (χ4n) is 3.78. The maximum atomic E-state index is 13.2. The molecule has 1 aromatic heterocycles. The Morgan fingerprint density at radius 2 is 1.55 bits per heavy atom. The molecule has 2 heterocycles. The van der Waals surface area contributed by atoms with Gasteiger partial charge in [0.25, 0.3) is 11.8 Å². The van der Waals surface area contributed by atoms with Crippen molar-refractivity contribution in [2.75, 3.05) is 10.6 Å². The number of aromatic nitrogens is 2. The van der Waals surface area contributed by atoms with Crippen LogP contribution in [-0.2, 0) is 12.7 Å². The van der Waals surface area contributed by atoms with Crippen LogP contribution in [0.4, 0.5) is 24.7 Å². The third-order valence-corrected chi connectivity index (χ3v) is 6.25. The molecule has 0 atom stereocenters. The Balaban J connectivity index is 1.25. The monoisotopic (exact) mass is 538 g/mol. The van der Waals surface area contributed by atoms with Crippen molar-refractivity contribution < 1.29 is 22.8 Å². The van der Waals surface area contributed by atoms with Crippen LogP contribution in [0.5, 0.6) is 0 Å². The van der Waals surface area contributed by atoms with Crippen LogP contribution >= 0.6 is 11.6 Å². The molecule has 3 aromatic carbocycles. The number of anilines is 2. The molecular formula is C26H18ClF3N6O2. The first-order valence-electron chi connectivity index (χ1n) is 11.2. The average Bonchev–Trinajstić information content (AvgIpc) is 3.64. The molecular weight excluding hydrogens is 521 g/mol. The lowest BCUT2D eigenvalue weighted by Gasteiger charge is -2.14. The summed E-state index contributed by atoms with van der Waals surface area (Å²) in [5.74, 6) is -0.479. The maximum absolute atomic E-state index is 13.2. The van der Waals surface area contributed by atoms with Crippen LogP contribution in [0.1, 0.15) is 26.3 Å². The second-order valence-corrected chi connectivity index (χ2v) is 8.86. The Labute approximate surface area is 219 Å². The number of carbonyl (C=O) groups excluding carboxylic acids is 2. The van der Waals surface area contributed by atoms with Gasteiger partial charge < -0.3 is 10.6 Å². The lowest BCUT2D eigenvalue weighted by atomic mass is 10.0. The number of rotatable bonds is 6. The highest BCUT2D eigenvalue weighted by atomic mass is 35.5. The van der Waals surface area contributed by atoms with Gasteiger partial charge in [0.15, 0.2) is 0 Å². The molecule has 0 unspecified atom stereocenters. The van der Waals surface area contributed by atoms with Crippen LogP contribution in [0.25, 0.3) is 11.3 Å². The van der Waals surface area contributed by atoms with E-state index < -0.39 is 17.7 Å². The normalized spacial score (nSPS) is 13.7. The van der Waals surface area contributed by atoms with Crippen LogP contribution in [0.15, 0.2) is 89.1 Å². The highest BCUT2D eigenvalue weighted by molar-refractivity contribution is 6.34. The molecule has 0 aliphatic carbocycles. The van der Waals surface area contributed by atoms with Gasteiger partial charge in [-0.3, -0.25) is 14.3 Å². The minimum absolute atomic E-state index is 0.157. The smallest absolute Gasteiger partial charge is 0.322 e. The Kier molecular flexibility index (Phi) is 6.23. The number of carbonyl (C=O) groups is 2. The molecule has 5 rings (SSSR count). The van der Waals surface area contributed by atoms with Gasteiger partial charge in [0.1, 0.15) is 5.82 Å². The summed E-state index contributed by atoms with van der Waals surface area (Å²) in [4.78, 5) is 25.2. The van der Waals surface area contributed by atoms with E-state index in [1.165, 1.54) is 28.9 Å². The number of aryl methyl sites for hydroxylation is 1. The molecule has 8 nitrogen and oxygen atoms in total. The van der Waals surface area contributed by atoms with E-state index in [9.17, 15) is 22.8 Å². The molecule has 0 radical (unpaired) electrons. The molecule has 38 heavy (non-hydrogen) atoms. The minimum atomic E-state index is -4.64. The van der Waals surface area contributed by atoms with Gasteiger partial charge in [-0.2, -0.15) is 18.3 Å². The Bertz CT molecular complexity index is 1560. The third kappa shape index (κ3) is 4.75. The molecule has 1 aliphatic rings. The minimum Gasteiger partial charge on any atom is -0.322 e. The van der Waals surface area contributed by atoms with Crippen LogP contribution < -0.4 is 10.6 Å². The van der Waals surface area contributed by atoms with E-state index in [-0.39, 0.29) is 17.0 Å². The lowest BCUT2D eigenvalue weighted by molar-refractivity contribution is -0.166. The molecule has 0 fully saturated rings. The number of nitrogens with one attached hydrogen (secondary N) is 2. The van der Waals surface area contributed by atoms with Crippen LogP contribution in [-0.4, -0.2) is 27.8 Å².